The Morgan fingerprint density at radius 2 is 1.38 bits per heavy atom. The van der Waals surface area contributed by atoms with Crippen molar-refractivity contribution >= 4 is 17.5 Å². The average Bonchev–Trinajstić information content (AvgIpc) is 2.94. The molecule has 29 heavy (non-hydrogen) atoms. The van der Waals surface area contributed by atoms with Crippen molar-refractivity contribution in [3.63, 3.8) is 0 Å². The highest BCUT2D eigenvalue weighted by atomic mass is 16.2. The molecule has 3 aromatic rings. The summed E-state index contributed by atoms with van der Waals surface area (Å²) in [5.74, 6) is -0.690. The average molecular weight is 379 g/mol. The fourth-order valence-corrected chi connectivity index (χ4v) is 6.13. The molecule has 0 N–H and O–H groups in total. The fourth-order valence-electron chi connectivity index (χ4n) is 6.13. The smallest absolute Gasteiger partial charge is 0.241 e. The molecule has 3 heteroatoms. The molecule has 1 aliphatic heterocycles. The largest absolute Gasteiger partial charge is 0.274 e. The van der Waals surface area contributed by atoms with Crippen LogP contribution in [0.4, 0.5) is 5.69 Å². The highest BCUT2D eigenvalue weighted by molar-refractivity contribution is 6.25. The first kappa shape index (κ1) is 16.7. The Labute approximate surface area is 170 Å². The Balaban J connectivity index is 1.63. The van der Waals surface area contributed by atoms with E-state index in [-0.39, 0.29) is 29.6 Å². The number of carbonyl (C=O) groups excluding carboxylic acids is 2. The molecule has 1 heterocycles. The first-order valence-electron chi connectivity index (χ1n) is 10.2. The summed E-state index contributed by atoms with van der Waals surface area (Å²) >= 11 is 0. The van der Waals surface area contributed by atoms with Gasteiger partial charge in [0.15, 0.2) is 0 Å². The number of imide groups is 1. The molecule has 0 radical (unpaired) electrons. The van der Waals surface area contributed by atoms with E-state index in [1.54, 1.807) is 0 Å². The summed E-state index contributed by atoms with van der Waals surface area (Å²) in [7, 11) is 0. The second kappa shape index (κ2) is 5.44. The third-order valence-corrected chi connectivity index (χ3v) is 7.27. The van der Waals surface area contributed by atoms with E-state index in [0.29, 0.717) is 5.69 Å². The van der Waals surface area contributed by atoms with Crippen LogP contribution in [0.2, 0.25) is 0 Å². The van der Waals surface area contributed by atoms with Crippen molar-refractivity contribution in [2.75, 3.05) is 4.90 Å². The van der Waals surface area contributed by atoms with E-state index in [9.17, 15) is 9.59 Å². The van der Waals surface area contributed by atoms with Crippen LogP contribution in [0.15, 0.2) is 72.8 Å². The van der Waals surface area contributed by atoms with Crippen molar-refractivity contribution in [3.8, 4) is 0 Å². The van der Waals surface area contributed by atoms with Crippen LogP contribution in [0.3, 0.4) is 0 Å². The van der Waals surface area contributed by atoms with E-state index in [0.717, 1.165) is 5.56 Å². The second-order valence-corrected chi connectivity index (χ2v) is 8.75. The molecule has 3 aromatic carbocycles. The molecule has 142 valence electrons. The summed E-state index contributed by atoms with van der Waals surface area (Å²) < 4.78 is 0. The van der Waals surface area contributed by atoms with Crippen LogP contribution >= 0.6 is 0 Å². The van der Waals surface area contributed by atoms with Gasteiger partial charge in [-0.15, -0.1) is 0 Å². The number of amides is 2. The molecule has 0 unspecified atom stereocenters. The first-order valence-corrected chi connectivity index (χ1v) is 10.2. The van der Waals surface area contributed by atoms with Crippen LogP contribution in [0.5, 0.6) is 0 Å². The Morgan fingerprint density at radius 3 is 1.97 bits per heavy atom. The minimum Gasteiger partial charge on any atom is -0.274 e. The number of nitrogens with zero attached hydrogens (tertiary/aromatic N) is 1. The SMILES string of the molecule is Cc1cccc(N2C(=O)[C@@H]3C4c5ccccc5C(c5ccccc54)[C@@]3(C)C2=O)c1. The van der Waals surface area contributed by atoms with Crippen molar-refractivity contribution in [1.29, 1.82) is 0 Å². The summed E-state index contributed by atoms with van der Waals surface area (Å²) in [4.78, 5) is 29.1. The summed E-state index contributed by atoms with van der Waals surface area (Å²) in [6.07, 6.45) is 0. The highest BCUT2D eigenvalue weighted by Gasteiger charge is 2.68. The molecule has 0 aromatic heterocycles. The number of anilines is 1. The minimum absolute atomic E-state index is 0.0675. The molecule has 2 atom stereocenters. The zero-order valence-corrected chi connectivity index (χ0v) is 16.4. The Bertz CT molecular complexity index is 1170. The lowest BCUT2D eigenvalue weighted by Crippen LogP contribution is -2.49. The molecular formula is C26H21NO2. The molecule has 3 nitrogen and oxygen atoms in total. The number of rotatable bonds is 1. The summed E-state index contributed by atoms with van der Waals surface area (Å²) in [5.41, 5.74) is 5.75. The van der Waals surface area contributed by atoms with Crippen LogP contribution in [-0.2, 0) is 9.59 Å². The van der Waals surface area contributed by atoms with Gasteiger partial charge in [0.1, 0.15) is 0 Å². The van der Waals surface area contributed by atoms with Crippen LogP contribution in [0.25, 0.3) is 0 Å². The summed E-state index contributed by atoms with van der Waals surface area (Å²) in [6, 6.07) is 24.4. The maximum Gasteiger partial charge on any atom is 0.241 e. The number of carbonyl (C=O) groups is 2. The quantitative estimate of drug-likeness (QED) is 0.571. The van der Waals surface area contributed by atoms with Gasteiger partial charge in [-0.1, -0.05) is 60.7 Å². The molecule has 3 aliphatic carbocycles. The molecule has 0 spiro atoms. The standard InChI is InChI=1S/C26H21NO2/c1-15-8-7-9-16(14-15)27-24(28)23-21-17-10-3-5-12-19(17)22(26(23,2)25(27)29)20-13-6-4-11-18(20)21/h3-14,21-23H,1-2H3/t21?,22?,23-,26+/m0/s1. The minimum atomic E-state index is -0.770. The Morgan fingerprint density at radius 1 is 0.793 bits per heavy atom. The molecular weight excluding hydrogens is 358 g/mol. The molecule has 7 rings (SSSR count). The predicted molar refractivity (Wildman–Crippen MR) is 112 cm³/mol. The van der Waals surface area contributed by atoms with Gasteiger partial charge in [0.05, 0.1) is 17.0 Å². The first-order chi connectivity index (χ1) is 14.0. The highest BCUT2D eigenvalue weighted by Crippen LogP contribution is 2.67. The van der Waals surface area contributed by atoms with E-state index in [1.165, 1.54) is 27.2 Å². The van der Waals surface area contributed by atoms with Crippen molar-refractivity contribution in [2.24, 2.45) is 11.3 Å². The van der Waals surface area contributed by atoms with Crippen LogP contribution in [0, 0.1) is 18.3 Å². The molecule has 2 bridgehead atoms. The third kappa shape index (κ3) is 1.88. The molecule has 1 saturated heterocycles. The number of benzene rings is 3. The van der Waals surface area contributed by atoms with Crippen LogP contribution < -0.4 is 4.90 Å². The monoisotopic (exact) mass is 379 g/mol. The van der Waals surface area contributed by atoms with Gasteiger partial charge in [0.25, 0.3) is 0 Å². The maximum atomic E-state index is 13.9. The van der Waals surface area contributed by atoms with Crippen LogP contribution in [0.1, 0.15) is 46.6 Å². The topological polar surface area (TPSA) is 37.4 Å². The van der Waals surface area contributed by atoms with Crippen molar-refractivity contribution in [2.45, 2.75) is 25.7 Å². The van der Waals surface area contributed by atoms with Gasteiger partial charge in [-0.2, -0.15) is 0 Å². The summed E-state index contributed by atoms with van der Waals surface area (Å²) in [6.45, 7) is 4.00. The van der Waals surface area contributed by atoms with E-state index in [4.69, 9.17) is 0 Å². The van der Waals surface area contributed by atoms with Crippen molar-refractivity contribution in [3.05, 3.63) is 101 Å². The molecule has 1 fully saturated rings. The van der Waals surface area contributed by atoms with Gasteiger partial charge in [-0.3, -0.25) is 9.59 Å². The second-order valence-electron chi connectivity index (χ2n) is 8.75. The zero-order chi connectivity index (χ0) is 19.9. The lowest BCUT2D eigenvalue weighted by Gasteiger charge is -2.51. The maximum absolute atomic E-state index is 13.9. The normalized spacial score (nSPS) is 28.9. The summed E-state index contributed by atoms with van der Waals surface area (Å²) in [5, 5.41) is 0. The zero-order valence-electron chi connectivity index (χ0n) is 16.4. The van der Waals surface area contributed by atoms with Gasteiger partial charge in [0.2, 0.25) is 11.8 Å². The van der Waals surface area contributed by atoms with Gasteiger partial charge < -0.3 is 0 Å². The van der Waals surface area contributed by atoms with Crippen molar-refractivity contribution < 1.29 is 9.59 Å². The molecule has 0 saturated carbocycles. The van der Waals surface area contributed by atoms with Gasteiger partial charge >= 0.3 is 0 Å². The number of aryl methyl sites for hydroxylation is 1. The lowest BCUT2D eigenvalue weighted by molar-refractivity contribution is -0.128. The Hall–Kier alpha value is -3.20. The predicted octanol–water partition coefficient (Wildman–Crippen LogP) is 4.78. The lowest BCUT2D eigenvalue weighted by atomic mass is 9.48. The number of hydrogen-bond acceptors (Lipinski definition) is 2. The van der Waals surface area contributed by atoms with Crippen molar-refractivity contribution in [1.82, 2.24) is 0 Å². The van der Waals surface area contributed by atoms with E-state index in [2.05, 4.69) is 24.3 Å². The van der Waals surface area contributed by atoms with E-state index in [1.807, 2.05) is 62.4 Å². The fraction of sp³-hybridized carbons (Fsp3) is 0.231. The van der Waals surface area contributed by atoms with E-state index < -0.39 is 5.41 Å². The molecule has 4 aliphatic rings. The third-order valence-electron chi connectivity index (χ3n) is 7.27. The molecule has 2 amide bonds. The van der Waals surface area contributed by atoms with E-state index >= 15 is 0 Å². The van der Waals surface area contributed by atoms with Gasteiger partial charge in [0, 0.05) is 11.8 Å². The van der Waals surface area contributed by atoms with Gasteiger partial charge in [-0.25, -0.2) is 4.90 Å². The number of hydrogen-bond donors (Lipinski definition) is 0. The Kier molecular flexibility index (Phi) is 3.14. The van der Waals surface area contributed by atoms with Gasteiger partial charge in [-0.05, 0) is 53.8 Å². The van der Waals surface area contributed by atoms with Crippen LogP contribution in [-0.4, -0.2) is 11.8 Å².